The number of hydrogen-bond donors (Lipinski definition) is 0. The van der Waals surface area contributed by atoms with Gasteiger partial charge in [0.05, 0.1) is 6.61 Å². The number of piperidine rings is 1. The van der Waals surface area contributed by atoms with E-state index in [4.69, 9.17) is 9.26 Å². The number of nitrogens with zero attached hydrogens (tertiary/aromatic N) is 2. The lowest BCUT2D eigenvalue weighted by atomic mass is 10.1. The maximum Gasteiger partial charge on any atom is 0.174 e. The topological polar surface area (TPSA) is 38.5 Å². The zero-order chi connectivity index (χ0) is 17.8. The van der Waals surface area contributed by atoms with E-state index in [1.54, 1.807) is 6.07 Å². The fourth-order valence-corrected chi connectivity index (χ4v) is 3.49. The van der Waals surface area contributed by atoms with Crippen LogP contribution in [0.25, 0.3) is 22.2 Å². The molecule has 1 fully saturated rings. The Labute approximate surface area is 152 Å². The van der Waals surface area contributed by atoms with Crippen molar-refractivity contribution in [3.8, 4) is 17.1 Å². The smallest absolute Gasteiger partial charge is 0.174 e. The SMILES string of the molecule is Fc1ccc2c(-c3ccc(OCCCN4CCCCC4)cc3)onc2c1. The summed E-state index contributed by atoms with van der Waals surface area (Å²) in [7, 11) is 0. The van der Waals surface area contributed by atoms with Crippen molar-refractivity contribution < 1.29 is 13.7 Å². The number of halogens is 1. The largest absolute Gasteiger partial charge is 0.494 e. The molecule has 1 saturated heterocycles. The fourth-order valence-electron chi connectivity index (χ4n) is 3.49. The Morgan fingerprint density at radius 2 is 1.85 bits per heavy atom. The second kappa shape index (κ2) is 7.87. The summed E-state index contributed by atoms with van der Waals surface area (Å²) in [4.78, 5) is 2.52. The lowest BCUT2D eigenvalue weighted by Crippen LogP contribution is -2.31. The van der Waals surface area contributed by atoms with Crippen LogP contribution in [0.2, 0.25) is 0 Å². The highest BCUT2D eigenvalue weighted by Gasteiger charge is 2.12. The molecule has 0 atom stereocenters. The van der Waals surface area contributed by atoms with Crippen molar-refractivity contribution in [2.24, 2.45) is 0 Å². The molecule has 0 aliphatic carbocycles. The summed E-state index contributed by atoms with van der Waals surface area (Å²) in [5.41, 5.74) is 1.43. The number of ether oxygens (including phenoxy) is 1. The molecule has 1 aliphatic rings. The second-order valence-corrected chi connectivity index (χ2v) is 6.80. The molecule has 5 heteroatoms. The Morgan fingerprint density at radius 3 is 2.65 bits per heavy atom. The number of likely N-dealkylation sites (tertiary alicyclic amines) is 1. The summed E-state index contributed by atoms with van der Waals surface area (Å²) in [6, 6.07) is 12.3. The van der Waals surface area contributed by atoms with Gasteiger partial charge in [-0.1, -0.05) is 11.6 Å². The summed E-state index contributed by atoms with van der Waals surface area (Å²) >= 11 is 0. The van der Waals surface area contributed by atoms with Crippen LogP contribution in [-0.4, -0.2) is 36.3 Å². The van der Waals surface area contributed by atoms with Crippen LogP contribution in [0.4, 0.5) is 4.39 Å². The fraction of sp³-hybridized carbons (Fsp3) is 0.381. The van der Waals surface area contributed by atoms with Crippen LogP contribution in [-0.2, 0) is 0 Å². The lowest BCUT2D eigenvalue weighted by molar-refractivity contribution is 0.205. The van der Waals surface area contributed by atoms with E-state index in [0.717, 1.165) is 36.3 Å². The molecular weight excluding hydrogens is 331 g/mol. The van der Waals surface area contributed by atoms with E-state index in [2.05, 4.69) is 10.1 Å². The predicted octanol–water partition coefficient (Wildman–Crippen LogP) is 4.89. The molecule has 4 nitrogen and oxygen atoms in total. The molecule has 0 bridgehead atoms. The van der Waals surface area contributed by atoms with Crippen molar-refractivity contribution in [1.82, 2.24) is 10.1 Å². The van der Waals surface area contributed by atoms with Gasteiger partial charge in [-0.3, -0.25) is 0 Å². The highest BCUT2D eigenvalue weighted by atomic mass is 19.1. The Balaban J connectivity index is 1.34. The summed E-state index contributed by atoms with van der Waals surface area (Å²) in [6.45, 7) is 4.28. The van der Waals surface area contributed by atoms with Crippen molar-refractivity contribution >= 4 is 10.9 Å². The van der Waals surface area contributed by atoms with Gasteiger partial charge in [0.1, 0.15) is 17.1 Å². The summed E-state index contributed by atoms with van der Waals surface area (Å²) in [5, 5.41) is 4.74. The van der Waals surface area contributed by atoms with Crippen molar-refractivity contribution in [3.05, 3.63) is 48.3 Å². The number of hydrogen-bond acceptors (Lipinski definition) is 4. The molecule has 1 aliphatic heterocycles. The highest BCUT2D eigenvalue weighted by Crippen LogP contribution is 2.30. The second-order valence-electron chi connectivity index (χ2n) is 6.80. The highest BCUT2D eigenvalue weighted by molar-refractivity contribution is 5.91. The van der Waals surface area contributed by atoms with E-state index in [0.29, 0.717) is 11.3 Å². The first-order chi connectivity index (χ1) is 12.8. The van der Waals surface area contributed by atoms with Crippen LogP contribution in [0.3, 0.4) is 0 Å². The Hall–Kier alpha value is -2.40. The Morgan fingerprint density at radius 1 is 1.04 bits per heavy atom. The monoisotopic (exact) mass is 354 g/mol. The average molecular weight is 354 g/mol. The van der Waals surface area contributed by atoms with Gasteiger partial charge in [-0.25, -0.2) is 4.39 Å². The molecule has 2 heterocycles. The third-order valence-electron chi connectivity index (χ3n) is 4.89. The third kappa shape index (κ3) is 3.88. The van der Waals surface area contributed by atoms with Gasteiger partial charge in [0.15, 0.2) is 5.76 Å². The Bertz CT molecular complexity index is 854. The minimum absolute atomic E-state index is 0.314. The first kappa shape index (κ1) is 17.0. The normalized spacial score (nSPS) is 15.4. The van der Waals surface area contributed by atoms with E-state index in [1.165, 1.54) is 44.5 Å². The molecule has 26 heavy (non-hydrogen) atoms. The van der Waals surface area contributed by atoms with Gasteiger partial charge in [-0.2, -0.15) is 0 Å². The molecule has 2 aromatic carbocycles. The van der Waals surface area contributed by atoms with Crippen LogP contribution < -0.4 is 4.74 Å². The van der Waals surface area contributed by atoms with E-state index in [1.807, 2.05) is 24.3 Å². The van der Waals surface area contributed by atoms with Gasteiger partial charge in [-0.15, -0.1) is 0 Å². The third-order valence-corrected chi connectivity index (χ3v) is 4.89. The first-order valence-electron chi connectivity index (χ1n) is 9.30. The maximum absolute atomic E-state index is 13.3. The number of fused-ring (bicyclic) bond motifs is 1. The molecule has 3 aromatic rings. The van der Waals surface area contributed by atoms with Crippen LogP contribution in [0.5, 0.6) is 5.75 Å². The van der Waals surface area contributed by atoms with E-state index >= 15 is 0 Å². The van der Waals surface area contributed by atoms with Gasteiger partial charge in [0.2, 0.25) is 0 Å². The number of aromatic nitrogens is 1. The van der Waals surface area contributed by atoms with Gasteiger partial charge in [0, 0.05) is 23.6 Å². The quantitative estimate of drug-likeness (QED) is 0.591. The van der Waals surface area contributed by atoms with Gasteiger partial charge < -0.3 is 14.2 Å². The zero-order valence-corrected chi connectivity index (χ0v) is 14.8. The summed E-state index contributed by atoms with van der Waals surface area (Å²) < 4.78 is 24.5. The molecule has 0 spiro atoms. The van der Waals surface area contributed by atoms with Crippen LogP contribution >= 0.6 is 0 Å². The van der Waals surface area contributed by atoms with Crippen molar-refractivity contribution in [1.29, 1.82) is 0 Å². The molecular formula is C21H23FN2O2. The van der Waals surface area contributed by atoms with Crippen LogP contribution in [0.15, 0.2) is 47.0 Å². The van der Waals surface area contributed by atoms with Crippen LogP contribution in [0, 0.1) is 5.82 Å². The summed E-state index contributed by atoms with van der Waals surface area (Å²) in [5.74, 6) is 1.18. The van der Waals surface area contributed by atoms with Gasteiger partial charge >= 0.3 is 0 Å². The molecule has 0 amide bonds. The predicted molar refractivity (Wildman–Crippen MR) is 99.8 cm³/mol. The van der Waals surface area contributed by atoms with Gasteiger partial charge in [0.25, 0.3) is 0 Å². The molecule has 136 valence electrons. The molecule has 1 aromatic heterocycles. The summed E-state index contributed by atoms with van der Waals surface area (Å²) in [6.07, 6.45) is 5.06. The zero-order valence-electron chi connectivity index (χ0n) is 14.8. The first-order valence-corrected chi connectivity index (χ1v) is 9.30. The van der Waals surface area contributed by atoms with Crippen molar-refractivity contribution in [2.45, 2.75) is 25.7 Å². The van der Waals surface area contributed by atoms with Crippen molar-refractivity contribution in [2.75, 3.05) is 26.2 Å². The van der Waals surface area contributed by atoms with E-state index in [9.17, 15) is 4.39 Å². The lowest BCUT2D eigenvalue weighted by Gasteiger charge is -2.26. The van der Waals surface area contributed by atoms with Crippen LogP contribution in [0.1, 0.15) is 25.7 Å². The number of rotatable bonds is 6. The van der Waals surface area contributed by atoms with E-state index in [-0.39, 0.29) is 5.82 Å². The van der Waals surface area contributed by atoms with E-state index < -0.39 is 0 Å². The molecule has 0 unspecified atom stereocenters. The molecule has 0 radical (unpaired) electrons. The standard InChI is InChI=1S/C21H23FN2O2/c22-17-7-10-19-20(15-17)23-26-21(19)16-5-8-18(9-6-16)25-14-4-13-24-11-2-1-3-12-24/h5-10,15H,1-4,11-14H2. The average Bonchev–Trinajstić information content (AvgIpc) is 3.09. The minimum Gasteiger partial charge on any atom is -0.494 e. The Kier molecular flexibility index (Phi) is 5.16. The molecule has 0 saturated carbocycles. The minimum atomic E-state index is -0.314. The molecule has 0 N–H and O–H groups in total. The van der Waals surface area contributed by atoms with Gasteiger partial charge in [-0.05, 0) is 68.8 Å². The maximum atomic E-state index is 13.3. The molecule has 4 rings (SSSR count). The number of benzene rings is 2. The van der Waals surface area contributed by atoms with Crippen molar-refractivity contribution in [3.63, 3.8) is 0 Å².